The first-order valence-electron chi connectivity index (χ1n) is 7.70. The summed E-state index contributed by atoms with van der Waals surface area (Å²) in [5.74, 6) is 0.141. The van der Waals surface area contributed by atoms with Crippen molar-refractivity contribution in [3.63, 3.8) is 0 Å². The van der Waals surface area contributed by atoms with Gasteiger partial charge < -0.3 is 11.1 Å². The summed E-state index contributed by atoms with van der Waals surface area (Å²) in [7, 11) is 0. The molecule has 0 spiro atoms. The van der Waals surface area contributed by atoms with E-state index in [1.165, 1.54) is 18.4 Å². The summed E-state index contributed by atoms with van der Waals surface area (Å²) in [6.07, 6.45) is 6.57. The van der Waals surface area contributed by atoms with Gasteiger partial charge in [-0.1, -0.05) is 55.5 Å². The van der Waals surface area contributed by atoms with Crippen LogP contribution in [0.2, 0.25) is 0 Å². The molecule has 0 heterocycles. The summed E-state index contributed by atoms with van der Waals surface area (Å²) in [6, 6.07) is 8.29. The van der Waals surface area contributed by atoms with Crippen molar-refractivity contribution in [2.75, 3.05) is 6.54 Å². The standard InChI is InChI=1S/C17H26N2O/c1-14-6-8-15(9-7-14)12-19-16(20)17(13-18)10-4-2-3-5-11-17/h6-9H,2-5,10-13,18H2,1H3,(H,19,20). The van der Waals surface area contributed by atoms with Crippen molar-refractivity contribution in [3.8, 4) is 0 Å². The quantitative estimate of drug-likeness (QED) is 0.829. The van der Waals surface area contributed by atoms with Crippen molar-refractivity contribution >= 4 is 5.91 Å². The lowest BCUT2D eigenvalue weighted by Crippen LogP contribution is -2.45. The lowest BCUT2D eigenvalue weighted by atomic mass is 9.79. The molecule has 0 radical (unpaired) electrons. The minimum atomic E-state index is -0.332. The van der Waals surface area contributed by atoms with Crippen LogP contribution in [0.5, 0.6) is 0 Å². The van der Waals surface area contributed by atoms with Crippen LogP contribution in [-0.2, 0) is 11.3 Å². The molecule has 0 aliphatic heterocycles. The van der Waals surface area contributed by atoms with Gasteiger partial charge >= 0.3 is 0 Å². The Balaban J connectivity index is 1.96. The second-order valence-corrected chi connectivity index (χ2v) is 6.07. The molecule has 2 rings (SSSR count). The monoisotopic (exact) mass is 274 g/mol. The van der Waals surface area contributed by atoms with Crippen molar-refractivity contribution < 1.29 is 4.79 Å². The number of amides is 1. The summed E-state index contributed by atoms with van der Waals surface area (Å²) in [6.45, 7) is 3.13. The molecular formula is C17H26N2O. The Morgan fingerprint density at radius 2 is 1.75 bits per heavy atom. The molecule has 0 saturated heterocycles. The molecule has 1 aromatic carbocycles. The molecule has 1 aliphatic rings. The van der Waals surface area contributed by atoms with Crippen LogP contribution < -0.4 is 11.1 Å². The van der Waals surface area contributed by atoms with E-state index in [0.29, 0.717) is 13.1 Å². The number of rotatable bonds is 4. The van der Waals surface area contributed by atoms with E-state index in [4.69, 9.17) is 5.73 Å². The molecule has 0 bridgehead atoms. The average Bonchev–Trinajstić information content (AvgIpc) is 2.73. The van der Waals surface area contributed by atoms with E-state index >= 15 is 0 Å². The second-order valence-electron chi connectivity index (χ2n) is 6.07. The first kappa shape index (κ1) is 15.0. The van der Waals surface area contributed by atoms with Gasteiger partial charge in [0.05, 0.1) is 5.41 Å². The smallest absolute Gasteiger partial charge is 0.227 e. The Labute approximate surface area is 121 Å². The molecule has 1 fully saturated rings. The summed E-state index contributed by atoms with van der Waals surface area (Å²) in [5, 5.41) is 3.09. The highest BCUT2D eigenvalue weighted by molar-refractivity contribution is 5.82. The molecule has 0 aromatic heterocycles. The number of carbonyl (C=O) groups is 1. The minimum absolute atomic E-state index is 0.141. The zero-order chi connectivity index (χ0) is 14.4. The van der Waals surface area contributed by atoms with Crippen LogP contribution in [0, 0.1) is 12.3 Å². The largest absolute Gasteiger partial charge is 0.352 e. The molecule has 0 unspecified atom stereocenters. The highest BCUT2D eigenvalue weighted by atomic mass is 16.2. The van der Waals surface area contributed by atoms with Gasteiger partial charge in [-0.25, -0.2) is 0 Å². The number of carbonyl (C=O) groups excluding carboxylic acids is 1. The predicted octanol–water partition coefficient (Wildman–Crippen LogP) is 2.91. The van der Waals surface area contributed by atoms with Gasteiger partial charge in [0.15, 0.2) is 0 Å². The van der Waals surface area contributed by atoms with E-state index in [-0.39, 0.29) is 11.3 Å². The van der Waals surface area contributed by atoms with Gasteiger partial charge in [0.1, 0.15) is 0 Å². The van der Waals surface area contributed by atoms with Crippen LogP contribution >= 0.6 is 0 Å². The van der Waals surface area contributed by atoms with Gasteiger partial charge in [-0.05, 0) is 25.3 Å². The molecule has 1 amide bonds. The summed E-state index contributed by atoms with van der Waals surface area (Å²) < 4.78 is 0. The van der Waals surface area contributed by atoms with Crippen LogP contribution in [0.1, 0.15) is 49.7 Å². The third-order valence-corrected chi connectivity index (χ3v) is 4.51. The molecule has 0 atom stereocenters. The summed E-state index contributed by atoms with van der Waals surface area (Å²) in [4.78, 5) is 12.6. The molecule has 3 heteroatoms. The lowest BCUT2D eigenvalue weighted by molar-refractivity contribution is -0.131. The van der Waals surface area contributed by atoms with Crippen LogP contribution in [0.4, 0.5) is 0 Å². The maximum atomic E-state index is 12.6. The van der Waals surface area contributed by atoms with E-state index in [0.717, 1.165) is 31.2 Å². The van der Waals surface area contributed by atoms with Gasteiger partial charge in [-0.2, -0.15) is 0 Å². The lowest BCUT2D eigenvalue weighted by Gasteiger charge is -2.29. The Kier molecular flexibility index (Phi) is 5.18. The highest BCUT2D eigenvalue weighted by Crippen LogP contribution is 2.34. The van der Waals surface area contributed by atoms with Crippen LogP contribution in [-0.4, -0.2) is 12.5 Å². The predicted molar refractivity (Wildman–Crippen MR) is 82.2 cm³/mol. The maximum Gasteiger partial charge on any atom is 0.227 e. The van der Waals surface area contributed by atoms with Gasteiger partial charge in [0.25, 0.3) is 0 Å². The highest BCUT2D eigenvalue weighted by Gasteiger charge is 2.36. The molecule has 1 aliphatic carbocycles. The van der Waals surface area contributed by atoms with Gasteiger partial charge in [0, 0.05) is 13.1 Å². The van der Waals surface area contributed by atoms with Gasteiger partial charge in [0.2, 0.25) is 5.91 Å². The van der Waals surface area contributed by atoms with E-state index < -0.39 is 0 Å². The zero-order valence-corrected chi connectivity index (χ0v) is 12.5. The van der Waals surface area contributed by atoms with E-state index in [1.807, 2.05) is 0 Å². The fourth-order valence-electron chi connectivity index (χ4n) is 3.00. The molecule has 1 aromatic rings. The fraction of sp³-hybridized carbons (Fsp3) is 0.588. The molecule has 110 valence electrons. The number of hydrogen-bond acceptors (Lipinski definition) is 2. The van der Waals surface area contributed by atoms with Crippen molar-refractivity contribution in [3.05, 3.63) is 35.4 Å². The first-order valence-corrected chi connectivity index (χ1v) is 7.70. The first-order chi connectivity index (χ1) is 9.66. The Morgan fingerprint density at radius 1 is 1.15 bits per heavy atom. The minimum Gasteiger partial charge on any atom is -0.352 e. The van der Waals surface area contributed by atoms with Gasteiger partial charge in [-0.15, -0.1) is 0 Å². The zero-order valence-electron chi connectivity index (χ0n) is 12.5. The fourth-order valence-corrected chi connectivity index (χ4v) is 3.00. The van der Waals surface area contributed by atoms with Crippen molar-refractivity contribution in [1.29, 1.82) is 0 Å². The van der Waals surface area contributed by atoms with Crippen molar-refractivity contribution in [1.82, 2.24) is 5.32 Å². The van der Waals surface area contributed by atoms with E-state index in [1.54, 1.807) is 0 Å². The molecule has 3 N–H and O–H groups in total. The molecule has 1 saturated carbocycles. The number of nitrogens with two attached hydrogens (primary N) is 1. The number of aryl methyl sites for hydroxylation is 1. The third-order valence-electron chi connectivity index (χ3n) is 4.51. The second kappa shape index (κ2) is 6.89. The normalized spacial score (nSPS) is 18.3. The molecule has 20 heavy (non-hydrogen) atoms. The number of nitrogens with one attached hydrogen (secondary N) is 1. The van der Waals surface area contributed by atoms with Crippen molar-refractivity contribution in [2.45, 2.75) is 52.0 Å². The Hall–Kier alpha value is -1.35. The average molecular weight is 274 g/mol. The summed E-state index contributed by atoms with van der Waals surface area (Å²) >= 11 is 0. The van der Waals surface area contributed by atoms with E-state index in [9.17, 15) is 4.79 Å². The van der Waals surface area contributed by atoms with E-state index in [2.05, 4.69) is 36.5 Å². The van der Waals surface area contributed by atoms with Crippen LogP contribution in [0.3, 0.4) is 0 Å². The van der Waals surface area contributed by atoms with Crippen LogP contribution in [0.25, 0.3) is 0 Å². The Morgan fingerprint density at radius 3 is 2.30 bits per heavy atom. The summed E-state index contributed by atoms with van der Waals surface area (Å²) in [5.41, 5.74) is 7.99. The molecule has 3 nitrogen and oxygen atoms in total. The van der Waals surface area contributed by atoms with Crippen molar-refractivity contribution in [2.24, 2.45) is 11.1 Å². The Bertz CT molecular complexity index is 431. The van der Waals surface area contributed by atoms with Crippen LogP contribution in [0.15, 0.2) is 24.3 Å². The third kappa shape index (κ3) is 3.60. The van der Waals surface area contributed by atoms with Gasteiger partial charge in [-0.3, -0.25) is 4.79 Å². The molecular weight excluding hydrogens is 248 g/mol. The maximum absolute atomic E-state index is 12.6. The number of hydrogen-bond donors (Lipinski definition) is 2. The SMILES string of the molecule is Cc1ccc(CNC(=O)C2(CN)CCCCCC2)cc1. The number of benzene rings is 1. The topological polar surface area (TPSA) is 55.1 Å².